The van der Waals surface area contributed by atoms with Crippen LogP contribution in [0.15, 0.2) is 36.4 Å². The standard InChI is InChI=1S/C6H5NOS/c1-2-4-7-6(3-1)5-8-9-7/h1-5H. The minimum Gasteiger partial charge on any atom is -0.411 e. The maximum atomic E-state index is 4.97. The molecule has 0 bridgehead atoms. The molecule has 9 heavy (non-hydrogen) atoms. The first-order valence-corrected chi connectivity index (χ1v) is 3.34. The van der Waals surface area contributed by atoms with Crippen LogP contribution in [0.1, 0.15) is 0 Å². The second kappa shape index (κ2) is 1.84. The van der Waals surface area contributed by atoms with Crippen LogP contribution in [0.3, 0.4) is 0 Å². The van der Waals surface area contributed by atoms with Gasteiger partial charge in [0.2, 0.25) is 0 Å². The van der Waals surface area contributed by atoms with E-state index in [9.17, 15) is 0 Å². The molecule has 0 aliphatic carbocycles. The third kappa shape index (κ3) is 0.733. The molecule has 0 N–H and O–H groups in total. The van der Waals surface area contributed by atoms with E-state index in [1.165, 1.54) is 12.2 Å². The first-order chi connectivity index (χ1) is 4.47. The molecule has 2 nitrogen and oxygen atoms in total. The summed E-state index contributed by atoms with van der Waals surface area (Å²) in [6.45, 7) is 0. The molecule has 0 saturated heterocycles. The Balaban J connectivity index is 2.33. The molecular formula is C6H5NOS. The molecule has 2 aliphatic heterocycles. The van der Waals surface area contributed by atoms with Gasteiger partial charge in [-0.15, -0.1) is 0 Å². The maximum Gasteiger partial charge on any atom is 0.183 e. The van der Waals surface area contributed by atoms with E-state index in [0.717, 1.165) is 5.70 Å². The molecule has 3 heteroatoms. The van der Waals surface area contributed by atoms with E-state index in [1.807, 2.05) is 28.7 Å². The average molecular weight is 139 g/mol. The molecule has 46 valence electrons. The topological polar surface area (TPSA) is 12.5 Å². The average Bonchev–Trinajstić information content (AvgIpc) is 2.33. The van der Waals surface area contributed by atoms with E-state index in [-0.39, 0.29) is 0 Å². The summed E-state index contributed by atoms with van der Waals surface area (Å²) >= 11 is 1.33. The molecule has 2 heterocycles. The van der Waals surface area contributed by atoms with E-state index in [1.54, 1.807) is 6.26 Å². The van der Waals surface area contributed by atoms with Crippen LogP contribution in [-0.4, -0.2) is 4.31 Å². The highest BCUT2D eigenvalue weighted by atomic mass is 32.2. The number of allylic oxidation sites excluding steroid dienone is 3. The van der Waals surface area contributed by atoms with Crippen molar-refractivity contribution in [2.75, 3.05) is 0 Å². The van der Waals surface area contributed by atoms with Gasteiger partial charge in [0.15, 0.2) is 12.2 Å². The quantitative estimate of drug-likeness (QED) is 0.375. The fourth-order valence-corrected chi connectivity index (χ4v) is 1.26. The van der Waals surface area contributed by atoms with E-state index in [0.29, 0.717) is 0 Å². The normalized spacial score (nSPS) is 21.3. The van der Waals surface area contributed by atoms with Crippen LogP contribution in [0, 0.1) is 0 Å². The Morgan fingerprint density at radius 3 is 3.33 bits per heavy atom. The highest BCUT2D eigenvalue weighted by Crippen LogP contribution is 2.29. The second-order valence-corrected chi connectivity index (χ2v) is 2.47. The summed E-state index contributed by atoms with van der Waals surface area (Å²) in [5, 5.41) is 0. The molecule has 0 atom stereocenters. The van der Waals surface area contributed by atoms with E-state index in [4.69, 9.17) is 4.18 Å². The monoisotopic (exact) mass is 139 g/mol. The summed E-state index contributed by atoms with van der Waals surface area (Å²) in [6.07, 6.45) is 9.64. The fourth-order valence-electron chi connectivity index (χ4n) is 0.718. The Morgan fingerprint density at radius 1 is 1.44 bits per heavy atom. The lowest BCUT2D eigenvalue weighted by Gasteiger charge is -2.10. The van der Waals surface area contributed by atoms with Gasteiger partial charge in [-0.3, -0.25) is 4.31 Å². The van der Waals surface area contributed by atoms with Crippen LogP contribution < -0.4 is 0 Å². The lowest BCUT2D eigenvalue weighted by Crippen LogP contribution is -2.01. The molecule has 0 unspecified atom stereocenters. The van der Waals surface area contributed by atoms with Crippen molar-refractivity contribution in [2.24, 2.45) is 0 Å². The van der Waals surface area contributed by atoms with Crippen molar-refractivity contribution < 1.29 is 4.18 Å². The maximum absolute atomic E-state index is 4.97. The number of rotatable bonds is 0. The zero-order valence-corrected chi connectivity index (χ0v) is 5.47. The van der Waals surface area contributed by atoms with Crippen molar-refractivity contribution in [1.82, 2.24) is 4.31 Å². The molecule has 0 aromatic rings. The van der Waals surface area contributed by atoms with Gasteiger partial charge in [-0.1, -0.05) is 6.08 Å². The second-order valence-electron chi connectivity index (χ2n) is 1.74. The Kier molecular flexibility index (Phi) is 1.02. The van der Waals surface area contributed by atoms with Crippen molar-refractivity contribution in [1.29, 1.82) is 0 Å². The van der Waals surface area contributed by atoms with Gasteiger partial charge in [0.25, 0.3) is 0 Å². The number of hydrogen-bond acceptors (Lipinski definition) is 3. The summed E-state index contributed by atoms with van der Waals surface area (Å²) in [5.41, 5.74) is 1.10. The molecule has 0 radical (unpaired) electrons. The minimum atomic E-state index is 1.10. The molecule has 2 aliphatic rings. The molecule has 0 aromatic heterocycles. The summed E-state index contributed by atoms with van der Waals surface area (Å²) in [7, 11) is 0. The Hall–Kier alpha value is -0.830. The summed E-state index contributed by atoms with van der Waals surface area (Å²) in [5.74, 6) is 0. The van der Waals surface area contributed by atoms with Gasteiger partial charge in [0.1, 0.15) is 6.26 Å². The van der Waals surface area contributed by atoms with E-state index in [2.05, 4.69) is 0 Å². The van der Waals surface area contributed by atoms with Crippen molar-refractivity contribution in [2.45, 2.75) is 0 Å². The zero-order valence-electron chi connectivity index (χ0n) is 4.65. The van der Waals surface area contributed by atoms with E-state index >= 15 is 0 Å². The Labute approximate surface area is 57.8 Å². The van der Waals surface area contributed by atoms with E-state index < -0.39 is 0 Å². The Morgan fingerprint density at radius 2 is 2.44 bits per heavy atom. The third-order valence-electron chi connectivity index (χ3n) is 1.15. The highest BCUT2D eigenvalue weighted by Gasteiger charge is 2.13. The summed E-state index contributed by atoms with van der Waals surface area (Å²) in [4.78, 5) is 0. The molecule has 0 aromatic carbocycles. The van der Waals surface area contributed by atoms with Gasteiger partial charge >= 0.3 is 0 Å². The van der Waals surface area contributed by atoms with Crippen LogP contribution in [0.2, 0.25) is 0 Å². The van der Waals surface area contributed by atoms with Gasteiger partial charge in [0, 0.05) is 6.20 Å². The largest absolute Gasteiger partial charge is 0.411 e. The lowest BCUT2D eigenvalue weighted by atomic mass is 10.3. The molecule has 0 fully saturated rings. The van der Waals surface area contributed by atoms with Crippen LogP contribution in [-0.2, 0) is 4.18 Å². The SMILES string of the molecule is C1=CC2=COSN2C=C1. The number of nitrogens with zero attached hydrogens (tertiary/aromatic N) is 1. The van der Waals surface area contributed by atoms with Crippen molar-refractivity contribution in [3.63, 3.8) is 0 Å². The van der Waals surface area contributed by atoms with Gasteiger partial charge in [-0.05, 0) is 12.2 Å². The Bertz CT molecular complexity index is 204. The van der Waals surface area contributed by atoms with Crippen molar-refractivity contribution in [3.8, 4) is 0 Å². The molecular weight excluding hydrogens is 134 g/mol. The van der Waals surface area contributed by atoms with Gasteiger partial charge < -0.3 is 4.18 Å². The minimum absolute atomic E-state index is 1.10. The molecule has 0 spiro atoms. The van der Waals surface area contributed by atoms with Gasteiger partial charge in [-0.2, -0.15) is 0 Å². The highest BCUT2D eigenvalue weighted by molar-refractivity contribution is 7.92. The fraction of sp³-hybridized carbons (Fsp3) is 0. The predicted molar refractivity (Wildman–Crippen MR) is 36.9 cm³/mol. The van der Waals surface area contributed by atoms with Gasteiger partial charge in [0.05, 0.1) is 5.70 Å². The van der Waals surface area contributed by atoms with Crippen LogP contribution in [0.25, 0.3) is 0 Å². The predicted octanol–water partition coefficient (Wildman–Crippen LogP) is 1.81. The number of hydrogen-bond donors (Lipinski definition) is 0. The molecule has 2 rings (SSSR count). The summed E-state index contributed by atoms with van der Waals surface area (Å²) in [6, 6.07) is 0. The van der Waals surface area contributed by atoms with Crippen LogP contribution >= 0.6 is 12.2 Å². The van der Waals surface area contributed by atoms with Crippen LogP contribution in [0.4, 0.5) is 0 Å². The van der Waals surface area contributed by atoms with Crippen molar-refractivity contribution in [3.05, 3.63) is 36.4 Å². The van der Waals surface area contributed by atoms with Gasteiger partial charge in [-0.25, -0.2) is 0 Å². The molecule has 0 saturated carbocycles. The lowest BCUT2D eigenvalue weighted by molar-refractivity contribution is 0.573. The van der Waals surface area contributed by atoms with Crippen molar-refractivity contribution >= 4 is 12.2 Å². The summed E-state index contributed by atoms with van der Waals surface area (Å²) < 4.78 is 6.93. The third-order valence-corrected chi connectivity index (χ3v) is 1.82. The molecule has 0 amide bonds. The zero-order chi connectivity index (χ0) is 6.10. The van der Waals surface area contributed by atoms with Crippen LogP contribution in [0.5, 0.6) is 0 Å². The first-order valence-electron chi connectivity index (χ1n) is 2.64. The smallest absolute Gasteiger partial charge is 0.183 e. The number of fused-ring (bicyclic) bond motifs is 1. The first kappa shape index (κ1) is 4.99.